The fourth-order valence-electron chi connectivity index (χ4n) is 1.50. The Morgan fingerprint density at radius 3 is 2.32 bits per heavy atom. The first-order valence-corrected chi connectivity index (χ1v) is 5.85. The van der Waals surface area contributed by atoms with Gasteiger partial charge in [0, 0.05) is 13.7 Å². The highest BCUT2D eigenvalue weighted by Crippen LogP contribution is 2.06. The van der Waals surface area contributed by atoms with E-state index in [-0.39, 0.29) is 19.1 Å². The molecule has 3 amide bonds. The largest absolute Gasteiger partial charge is 0.480 e. The summed E-state index contributed by atoms with van der Waals surface area (Å²) >= 11 is 0. The molecule has 4 N–H and O–H groups in total. The lowest BCUT2D eigenvalue weighted by Crippen LogP contribution is -2.54. The lowest BCUT2D eigenvalue weighted by molar-refractivity contribution is -0.146. The van der Waals surface area contributed by atoms with Crippen LogP contribution < -0.4 is 11.1 Å². The molecule has 1 unspecified atom stereocenters. The van der Waals surface area contributed by atoms with Crippen molar-refractivity contribution < 1.29 is 24.2 Å². The Morgan fingerprint density at radius 1 is 1.37 bits per heavy atom. The first-order chi connectivity index (χ1) is 8.79. The summed E-state index contributed by atoms with van der Waals surface area (Å²) in [7, 11) is 1.45. The zero-order valence-electron chi connectivity index (χ0n) is 11.4. The molecule has 0 bridgehead atoms. The first kappa shape index (κ1) is 17.2. The summed E-state index contributed by atoms with van der Waals surface area (Å²) < 4.78 is 4.83. The van der Waals surface area contributed by atoms with E-state index in [1.807, 2.05) is 0 Å². The number of urea groups is 1. The SMILES string of the molecule is COCCN(CC(=O)O)C(=O)C(NC(N)=O)C(C)C. The zero-order valence-corrected chi connectivity index (χ0v) is 11.4. The second-order valence-corrected chi connectivity index (χ2v) is 4.38. The second kappa shape index (κ2) is 8.30. The monoisotopic (exact) mass is 275 g/mol. The van der Waals surface area contributed by atoms with Crippen molar-refractivity contribution in [1.29, 1.82) is 0 Å². The van der Waals surface area contributed by atoms with Gasteiger partial charge in [-0.2, -0.15) is 0 Å². The van der Waals surface area contributed by atoms with Crippen molar-refractivity contribution in [3.63, 3.8) is 0 Å². The molecule has 110 valence electrons. The van der Waals surface area contributed by atoms with Crippen LogP contribution in [-0.4, -0.2) is 60.8 Å². The highest BCUT2D eigenvalue weighted by molar-refractivity contribution is 5.88. The van der Waals surface area contributed by atoms with Crippen LogP contribution >= 0.6 is 0 Å². The Bertz CT molecular complexity index is 332. The molecular weight excluding hydrogens is 254 g/mol. The minimum Gasteiger partial charge on any atom is -0.480 e. The van der Waals surface area contributed by atoms with Crippen molar-refractivity contribution in [2.75, 3.05) is 26.8 Å². The molecular formula is C11H21N3O5. The number of ether oxygens (including phenoxy) is 1. The number of nitrogens with two attached hydrogens (primary N) is 1. The number of methoxy groups -OCH3 is 1. The summed E-state index contributed by atoms with van der Waals surface area (Å²) in [5.74, 6) is -1.84. The van der Waals surface area contributed by atoms with Crippen LogP contribution in [0.5, 0.6) is 0 Å². The topological polar surface area (TPSA) is 122 Å². The van der Waals surface area contributed by atoms with E-state index in [4.69, 9.17) is 15.6 Å². The predicted molar refractivity (Wildman–Crippen MR) is 67.4 cm³/mol. The number of hydrogen-bond donors (Lipinski definition) is 3. The number of carboxylic acids is 1. The van der Waals surface area contributed by atoms with Crippen LogP contribution in [0.3, 0.4) is 0 Å². The minimum atomic E-state index is -1.13. The molecule has 0 aromatic heterocycles. The van der Waals surface area contributed by atoms with Gasteiger partial charge in [-0.1, -0.05) is 13.8 Å². The molecule has 0 rings (SSSR count). The van der Waals surface area contributed by atoms with Crippen molar-refractivity contribution in [3.05, 3.63) is 0 Å². The molecule has 8 nitrogen and oxygen atoms in total. The lowest BCUT2D eigenvalue weighted by atomic mass is 10.0. The number of carbonyl (C=O) groups excluding carboxylic acids is 2. The zero-order chi connectivity index (χ0) is 15.0. The Kier molecular flexibility index (Phi) is 7.50. The average molecular weight is 275 g/mol. The molecule has 1 atom stereocenters. The van der Waals surface area contributed by atoms with Crippen LogP contribution in [0, 0.1) is 5.92 Å². The molecule has 0 saturated heterocycles. The molecule has 0 aliphatic carbocycles. The summed E-state index contributed by atoms with van der Waals surface area (Å²) in [6.45, 7) is 3.35. The molecule has 0 aliphatic heterocycles. The maximum atomic E-state index is 12.2. The normalized spacial score (nSPS) is 12.0. The highest BCUT2D eigenvalue weighted by Gasteiger charge is 2.28. The fourth-order valence-corrected chi connectivity index (χ4v) is 1.50. The molecule has 0 aromatic carbocycles. The van der Waals surface area contributed by atoms with E-state index in [0.717, 1.165) is 4.90 Å². The number of hydrogen-bond acceptors (Lipinski definition) is 4. The van der Waals surface area contributed by atoms with E-state index < -0.39 is 30.5 Å². The molecule has 0 radical (unpaired) electrons. The number of aliphatic carboxylic acids is 1. The van der Waals surface area contributed by atoms with Gasteiger partial charge in [-0.15, -0.1) is 0 Å². The van der Waals surface area contributed by atoms with E-state index >= 15 is 0 Å². The van der Waals surface area contributed by atoms with Crippen molar-refractivity contribution in [3.8, 4) is 0 Å². The number of rotatable bonds is 8. The van der Waals surface area contributed by atoms with E-state index in [2.05, 4.69) is 5.32 Å². The van der Waals surface area contributed by atoms with E-state index in [1.54, 1.807) is 13.8 Å². The molecule has 0 heterocycles. The van der Waals surface area contributed by atoms with Gasteiger partial charge in [0.25, 0.3) is 0 Å². The van der Waals surface area contributed by atoms with Gasteiger partial charge in [0.2, 0.25) is 5.91 Å². The Balaban J connectivity index is 4.88. The third-order valence-electron chi connectivity index (χ3n) is 2.43. The van der Waals surface area contributed by atoms with Crippen LogP contribution in [0.4, 0.5) is 4.79 Å². The van der Waals surface area contributed by atoms with Gasteiger partial charge in [0.1, 0.15) is 12.6 Å². The molecule has 0 saturated carbocycles. The lowest BCUT2D eigenvalue weighted by Gasteiger charge is -2.28. The summed E-state index contributed by atoms with van der Waals surface area (Å²) in [5, 5.41) is 11.1. The second-order valence-electron chi connectivity index (χ2n) is 4.38. The number of primary amides is 1. The summed E-state index contributed by atoms with van der Waals surface area (Å²) in [6, 6.07) is -1.68. The minimum absolute atomic E-state index is 0.130. The smallest absolute Gasteiger partial charge is 0.323 e. The van der Waals surface area contributed by atoms with Gasteiger partial charge >= 0.3 is 12.0 Å². The molecule has 0 aromatic rings. The van der Waals surface area contributed by atoms with Crippen molar-refractivity contribution >= 4 is 17.9 Å². The van der Waals surface area contributed by atoms with Crippen molar-refractivity contribution in [2.45, 2.75) is 19.9 Å². The summed E-state index contributed by atoms with van der Waals surface area (Å²) in [4.78, 5) is 34.9. The Morgan fingerprint density at radius 2 is 1.95 bits per heavy atom. The molecule has 19 heavy (non-hydrogen) atoms. The number of carbonyl (C=O) groups is 3. The van der Waals surface area contributed by atoms with Crippen LogP contribution in [0.15, 0.2) is 0 Å². The van der Waals surface area contributed by atoms with Gasteiger partial charge in [0.15, 0.2) is 0 Å². The van der Waals surface area contributed by atoms with E-state index in [9.17, 15) is 14.4 Å². The van der Waals surface area contributed by atoms with E-state index in [0.29, 0.717) is 0 Å². The third-order valence-corrected chi connectivity index (χ3v) is 2.43. The van der Waals surface area contributed by atoms with Gasteiger partial charge < -0.3 is 25.8 Å². The van der Waals surface area contributed by atoms with Gasteiger partial charge in [0.05, 0.1) is 6.61 Å². The highest BCUT2D eigenvalue weighted by atomic mass is 16.5. The van der Waals surface area contributed by atoms with Crippen LogP contribution in [0.25, 0.3) is 0 Å². The van der Waals surface area contributed by atoms with Gasteiger partial charge in [-0.25, -0.2) is 4.79 Å². The predicted octanol–water partition coefficient (Wildman–Crippen LogP) is -0.761. The summed E-state index contributed by atoms with van der Waals surface area (Å²) in [5.41, 5.74) is 5.01. The van der Waals surface area contributed by atoms with Gasteiger partial charge in [-0.3, -0.25) is 9.59 Å². The number of nitrogens with zero attached hydrogens (tertiary/aromatic N) is 1. The average Bonchev–Trinajstić information content (AvgIpc) is 2.29. The van der Waals surface area contributed by atoms with Crippen molar-refractivity contribution in [2.24, 2.45) is 11.7 Å². The van der Waals surface area contributed by atoms with Crippen LogP contribution in [0.2, 0.25) is 0 Å². The number of nitrogens with one attached hydrogen (secondary N) is 1. The van der Waals surface area contributed by atoms with Crippen LogP contribution in [-0.2, 0) is 14.3 Å². The molecule has 8 heteroatoms. The maximum absolute atomic E-state index is 12.2. The molecule has 0 fully saturated rings. The van der Waals surface area contributed by atoms with Gasteiger partial charge in [-0.05, 0) is 5.92 Å². The summed E-state index contributed by atoms with van der Waals surface area (Å²) in [6.07, 6.45) is 0. The number of carboxylic acid groups (broad SMARTS) is 1. The first-order valence-electron chi connectivity index (χ1n) is 5.85. The standard InChI is InChI=1S/C11H21N3O5/c1-7(2)9(13-11(12)18)10(17)14(4-5-19-3)6-8(15)16/h7,9H,4-6H2,1-3H3,(H,15,16)(H3,12,13,18). The Labute approximate surface area is 111 Å². The van der Waals surface area contributed by atoms with Crippen LogP contribution in [0.1, 0.15) is 13.8 Å². The molecule has 0 aliphatic rings. The fraction of sp³-hybridized carbons (Fsp3) is 0.727. The van der Waals surface area contributed by atoms with Crippen molar-refractivity contribution in [1.82, 2.24) is 10.2 Å². The maximum Gasteiger partial charge on any atom is 0.323 e. The molecule has 0 spiro atoms. The Hall–Kier alpha value is -1.83. The number of amides is 3. The third kappa shape index (κ3) is 6.61. The van der Waals surface area contributed by atoms with E-state index in [1.165, 1.54) is 7.11 Å². The quantitative estimate of drug-likeness (QED) is 0.537.